The lowest BCUT2D eigenvalue weighted by Gasteiger charge is -2.33. The number of thiophene rings is 1. The Hall–Kier alpha value is -1.11. The van der Waals surface area contributed by atoms with Crippen molar-refractivity contribution in [2.75, 3.05) is 45.9 Å². The molecule has 2 fully saturated rings. The molecule has 1 aromatic rings. The van der Waals surface area contributed by atoms with E-state index in [0.717, 1.165) is 19.6 Å². The predicted molar refractivity (Wildman–Crippen MR) is 88.1 cm³/mol. The third-order valence-corrected chi connectivity index (χ3v) is 5.26. The Morgan fingerprint density at radius 1 is 1.36 bits per heavy atom. The van der Waals surface area contributed by atoms with Crippen LogP contribution in [0.15, 0.2) is 17.5 Å². The average Bonchev–Trinajstić information content (AvgIpc) is 3.07. The van der Waals surface area contributed by atoms with E-state index in [4.69, 9.17) is 4.74 Å². The molecule has 5 nitrogen and oxygen atoms in total. The van der Waals surface area contributed by atoms with E-state index < -0.39 is 0 Å². The summed E-state index contributed by atoms with van der Waals surface area (Å²) in [6, 6.07) is 4.39. The Labute approximate surface area is 136 Å². The Morgan fingerprint density at radius 2 is 2.23 bits per heavy atom. The van der Waals surface area contributed by atoms with Crippen molar-refractivity contribution in [3.8, 4) is 0 Å². The molecule has 1 atom stereocenters. The van der Waals surface area contributed by atoms with Gasteiger partial charge in [0, 0.05) is 37.6 Å². The Bertz CT molecular complexity index is 460. The maximum absolute atomic E-state index is 12.1. The molecule has 0 saturated carbocycles. The summed E-state index contributed by atoms with van der Waals surface area (Å²) in [5, 5.41) is 5.25. The zero-order valence-corrected chi connectivity index (χ0v) is 13.8. The topological polar surface area (TPSA) is 44.8 Å². The van der Waals surface area contributed by atoms with Crippen LogP contribution in [0, 0.1) is 5.92 Å². The first-order valence-corrected chi connectivity index (χ1v) is 9.04. The first-order chi connectivity index (χ1) is 10.8. The van der Waals surface area contributed by atoms with Gasteiger partial charge in [0.2, 0.25) is 0 Å². The van der Waals surface area contributed by atoms with Gasteiger partial charge in [-0.25, -0.2) is 4.79 Å². The first kappa shape index (κ1) is 15.8. The normalized spacial score (nSPS) is 23.5. The van der Waals surface area contributed by atoms with Gasteiger partial charge in [-0.3, -0.25) is 4.90 Å². The minimum atomic E-state index is 0.0682. The van der Waals surface area contributed by atoms with Crippen LogP contribution in [-0.4, -0.2) is 61.8 Å². The fourth-order valence-electron chi connectivity index (χ4n) is 3.19. The Morgan fingerprint density at radius 3 is 3.00 bits per heavy atom. The van der Waals surface area contributed by atoms with Gasteiger partial charge in [-0.05, 0) is 36.8 Å². The lowest BCUT2D eigenvalue weighted by atomic mass is 9.98. The van der Waals surface area contributed by atoms with E-state index in [-0.39, 0.29) is 6.03 Å². The van der Waals surface area contributed by atoms with Crippen molar-refractivity contribution in [2.45, 2.75) is 19.4 Å². The number of amides is 2. The van der Waals surface area contributed by atoms with Crippen LogP contribution in [0.1, 0.15) is 17.7 Å². The van der Waals surface area contributed by atoms with Crippen molar-refractivity contribution in [3.63, 3.8) is 0 Å². The third-order valence-electron chi connectivity index (χ3n) is 4.40. The van der Waals surface area contributed by atoms with Crippen LogP contribution in [0.2, 0.25) is 0 Å². The molecule has 2 saturated heterocycles. The van der Waals surface area contributed by atoms with E-state index in [1.807, 2.05) is 16.2 Å². The quantitative estimate of drug-likeness (QED) is 0.922. The number of likely N-dealkylation sites (tertiary alicyclic amines) is 1. The number of urea groups is 1. The minimum Gasteiger partial charge on any atom is -0.378 e. The van der Waals surface area contributed by atoms with Gasteiger partial charge in [-0.15, -0.1) is 11.3 Å². The van der Waals surface area contributed by atoms with Crippen LogP contribution in [0.4, 0.5) is 4.79 Å². The van der Waals surface area contributed by atoms with Crippen LogP contribution < -0.4 is 5.32 Å². The van der Waals surface area contributed by atoms with Gasteiger partial charge in [0.1, 0.15) is 0 Å². The summed E-state index contributed by atoms with van der Waals surface area (Å²) in [4.78, 5) is 17.9. The molecule has 0 aliphatic carbocycles. The standard InChI is InChI=1S/C16H25N3O2S/c20-16(19-6-8-21-9-7-19)17-11-14-3-1-5-18(12-14)13-15-4-2-10-22-15/h2,4,10,14H,1,3,5-9,11-13H2,(H,17,20). The fraction of sp³-hybridized carbons (Fsp3) is 0.688. The van der Waals surface area contributed by atoms with E-state index in [1.54, 1.807) is 0 Å². The molecule has 1 aromatic heterocycles. The van der Waals surface area contributed by atoms with Gasteiger partial charge >= 0.3 is 6.03 Å². The monoisotopic (exact) mass is 323 g/mol. The number of ether oxygens (including phenoxy) is 1. The molecular weight excluding hydrogens is 298 g/mol. The number of nitrogens with zero attached hydrogens (tertiary/aromatic N) is 2. The fourth-order valence-corrected chi connectivity index (χ4v) is 3.94. The van der Waals surface area contributed by atoms with Crippen LogP contribution in [0.5, 0.6) is 0 Å². The molecule has 122 valence electrons. The van der Waals surface area contributed by atoms with Crippen LogP contribution >= 0.6 is 11.3 Å². The maximum Gasteiger partial charge on any atom is 0.317 e. The molecule has 0 bridgehead atoms. The van der Waals surface area contributed by atoms with Crippen molar-refractivity contribution >= 4 is 17.4 Å². The van der Waals surface area contributed by atoms with E-state index >= 15 is 0 Å². The van der Waals surface area contributed by atoms with Crippen molar-refractivity contribution in [3.05, 3.63) is 22.4 Å². The second-order valence-corrected chi connectivity index (χ2v) is 7.14. The number of carbonyl (C=O) groups is 1. The SMILES string of the molecule is O=C(NCC1CCCN(Cc2cccs2)C1)N1CCOCC1. The molecule has 1 N–H and O–H groups in total. The first-order valence-electron chi connectivity index (χ1n) is 8.16. The number of piperidine rings is 1. The zero-order valence-electron chi connectivity index (χ0n) is 13.0. The largest absolute Gasteiger partial charge is 0.378 e. The second kappa shape index (κ2) is 7.94. The highest BCUT2D eigenvalue weighted by Gasteiger charge is 2.22. The molecule has 6 heteroatoms. The molecule has 3 rings (SSSR count). The molecule has 2 amide bonds. The van der Waals surface area contributed by atoms with Gasteiger partial charge in [-0.1, -0.05) is 6.07 Å². The van der Waals surface area contributed by atoms with Crippen molar-refractivity contribution in [2.24, 2.45) is 5.92 Å². The highest BCUT2D eigenvalue weighted by atomic mass is 32.1. The second-order valence-electron chi connectivity index (χ2n) is 6.11. The number of hydrogen-bond acceptors (Lipinski definition) is 4. The van der Waals surface area contributed by atoms with Gasteiger partial charge in [0.25, 0.3) is 0 Å². The number of rotatable bonds is 4. The Balaban J connectivity index is 1.41. The Kier molecular flexibility index (Phi) is 5.70. The molecule has 2 aliphatic rings. The number of hydrogen-bond donors (Lipinski definition) is 1. The van der Waals surface area contributed by atoms with Gasteiger partial charge in [-0.2, -0.15) is 0 Å². The van der Waals surface area contributed by atoms with Gasteiger partial charge in [0.15, 0.2) is 0 Å². The van der Waals surface area contributed by atoms with Crippen molar-refractivity contribution in [1.29, 1.82) is 0 Å². The molecule has 1 unspecified atom stereocenters. The van der Waals surface area contributed by atoms with E-state index in [0.29, 0.717) is 32.2 Å². The van der Waals surface area contributed by atoms with E-state index in [1.165, 1.54) is 24.3 Å². The smallest absolute Gasteiger partial charge is 0.317 e. The summed E-state index contributed by atoms with van der Waals surface area (Å²) >= 11 is 1.82. The highest BCUT2D eigenvalue weighted by Crippen LogP contribution is 2.20. The van der Waals surface area contributed by atoms with Crippen molar-refractivity contribution in [1.82, 2.24) is 15.1 Å². The summed E-state index contributed by atoms with van der Waals surface area (Å²) in [5.74, 6) is 0.568. The lowest BCUT2D eigenvalue weighted by molar-refractivity contribution is 0.0526. The minimum absolute atomic E-state index is 0.0682. The van der Waals surface area contributed by atoms with Crippen molar-refractivity contribution < 1.29 is 9.53 Å². The zero-order chi connectivity index (χ0) is 15.2. The average molecular weight is 323 g/mol. The summed E-state index contributed by atoms with van der Waals surface area (Å²) in [6.07, 6.45) is 2.44. The van der Waals surface area contributed by atoms with Crippen LogP contribution in [0.25, 0.3) is 0 Å². The molecule has 2 aliphatic heterocycles. The molecular formula is C16H25N3O2S. The van der Waals surface area contributed by atoms with Crippen LogP contribution in [0.3, 0.4) is 0 Å². The molecule has 3 heterocycles. The maximum atomic E-state index is 12.1. The summed E-state index contributed by atoms with van der Waals surface area (Å²) in [5.41, 5.74) is 0. The summed E-state index contributed by atoms with van der Waals surface area (Å²) in [6.45, 7) is 6.83. The predicted octanol–water partition coefficient (Wildman–Crippen LogP) is 2.00. The number of nitrogens with one attached hydrogen (secondary N) is 1. The van der Waals surface area contributed by atoms with Gasteiger partial charge in [0.05, 0.1) is 13.2 Å². The molecule has 0 aromatic carbocycles. The summed E-state index contributed by atoms with van der Waals surface area (Å²) in [7, 11) is 0. The third kappa shape index (κ3) is 4.44. The summed E-state index contributed by atoms with van der Waals surface area (Å²) < 4.78 is 5.28. The molecule has 0 spiro atoms. The highest BCUT2D eigenvalue weighted by molar-refractivity contribution is 7.09. The van der Waals surface area contributed by atoms with E-state index in [9.17, 15) is 4.79 Å². The lowest BCUT2D eigenvalue weighted by Crippen LogP contribution is -2.48. The molecule has 22 heavy (non-hydrogen) atoms. The van der Waals surface area contributed by atoms with Gasteiger partial charge < -0.3 is 15.0 Å². The number of carbonyl (C=O) groups excluding carboxylic acids is 1. The molecule has 0 radical (unpaired) electrons. The van der Waals surface area contributed by atoms with E-state index in [2.05, 4.69) is 27.7 Å². The number of morpholine rings is 1. The van der Waals surface area contributed by atoms with Crippen LogP contribution in [-0.2, 0) is 11.3 Å².